The second-order valence-corrected chi connectivity index (χ2v) is 6.81. The maximum absolute atomic E-state index is 11.9. The van der Waals surface area contributed by atoms with Crippen molar-refractivity contribution in [2.24, 2.45) is 0 Å². The van der Waals surface area contributed by atoms with Crippen molar-refractivity contribution < 1.29 is 13.2 Å². The average molecular weight is 342 g/mol. The van der Waals surface area contributed by atoms with Gasteiger partial charge in [-0.1, -0.05) is 13.0 Å². The third-order valence-electron chi connectivity index (χ3n) is 2.34. The number of hydrogen-bond acceptors (Lipinski definition) is 5. The summed E-state index contributed by atoms with van der Waals surface area (Å²) in [6.07, 6.45) is 0. The minimum Gasteiger partial charge on any atom is -0.353 e. The first-order valence-electron chi connectivity index (χ1n) is 6.01. The molecule has 1 heterocycles. The van der Waals surface area contributed by atoms with Gasteiger partial charge in [0.25, 0.3) is 10.0 Å². The molecule has 0 aliphatic rings. The van der Waals surface area contributed by atoms with Gasteiger partial charge in [-0.15, -0.1) is 23.7 Å². The third kappa shape index (κ3) is 6.19. The van der Waals surface area contributed by atoms with E-state index in [1.54, 1.807) is 11.4 Å². The van der Waals surface area contributed by atoms with Gasteiger partial charge in [0.1, 0.15) is 4.21 Å². The lowest BCUT2D eigenvalue weighted by Crippen LogP contribution is -2.46. The number of carbonyl (C=O) groups excluding carboxylic acids is 1. The molecule has 6 nitrogen and oxygen atoms in total. The van der Waals surface area contributed by atoms with Gasteiger partial charge >= 0.3 is 0 Å². The first kappa shape index (κ1) is 19.3. The quantitative estimate of drug-likeness (QED) is 0.603. The Hall–Kier alpha value is -0.670. The maximum Gasteiger partial charge on any atom is 0.250 e. The number of rotatable bonds is 8. The number of sulfonamides is 1. The monoisotopic (exact) mass is 341 g/mol. The fraction of sp³-hybridized carbons (Fsp3) is 0.545. The molecule has 0 radical (unpaired) electrons. The van der Waals surface area contributed by atoms with Crippen molar-refractivity contribution in [2.75, 3.05) is 19.6 Å². The largest absolute Gasteiger partial charge is 0.353 e. The van der Waals surface area contributed by atoms with Crippen molar-refractivity contribution in [3.05, 3.63) is 17.5 Å². The van der Waals surface area contributed by atoms with Gasteiger partial charge in [-0.2, -0.15) is 4.72 Å². The summed E-state index contributed by atoms with van der Waals surface area (Å²) in [6, 6.07) is 2.36. The summed E-state index contributed by atoms with van der Waals surface area (Å²) in [7, 11) is -3.60. The van der Waals surface area contributed by atoms with Crippen molar-refractivity contribution >= 4 is 39.7 Å². The zero-order chi connectivity index (χ0) is 14.3. The number of amides is 1. The summed E-state index contributed by atoms with van der Waals surface area (Å²) in [5.41, 5.74) is 0. The summed E-state index contributed by atoms with van der Waals surface area (Å²) >= 11 is 1.12. The fourth-order valence-electron chi connectivity index (χ4n) is 1.36. The second kappa shape index (κ2) is 9.30. The van der Waals surface area contributed by atoms with E-state index >= 15 is 0 Å². The molecule has 1 unspecified atom stereocenters. The van der Waals surface area contributed by atoms with Crippen LogP contribution in [0.2, 0.25) is 0 Å². The molecule has 1 atom stereocenters. The van der Waals surface area contributed by atoms with Crippen LogP contribution in [0.1, 0.15) is 13.8 Å². The van der Waals surface area contributed by atoms with Gasteiger partial charge < -0.3 is 10.6 Å². The summed E-state index contributed by atoms with van der Waals surface area (Å²) in [6.45, 7) is 5.45. The number of carbonyl (C=O) groups is 1. The molecule has 1 aromatic rings. The van der Waals surface area contributed by atoms with E-state index in [1.165, 1.54) is 13.0 Å². The van der Waals surface area contributed by atoms with Crippen LogP contribution in [0.5, 0.6) is 0 Å². The van der Waals surface area contributed by atoms with Gasteiger partial charge in [-0.05, 0) is 24.9 Å². The Morgan fingerprint density at radius 3 is 2.65 bits per heavy atom. The van der Waals surface area contributed by atoms with E-state index in [9.17, 15) is 13.2 Å². The topological polar surface area (TPSA) is 87.3 Å². The number of nitrogens with one attached hydrogen (secondary N) is 3. The van der Waals surface area contributed by atoms with Crippen LogP contribution in [0.25, 0.3) is 0 Å². The van der Waals surface area contributed by atoms with Crippen molar-refractivity contribution in [3.63, 3.8) is 0 Å². The Morgan fingerprint density at radius 2 is 2.10 bits per heavy atom. The molecule has 0 fully saturated rings. The molecule has 0 spiro atoms. The van der Waals surface area contributed by atoms with Crippen molar-refractivity contribution in [1.29, 1.82) is 0 Å². The number of halogens is 1. The lowest BCUT2D eigenvalue weighted by Gasteiger charge is -2.13. The van der Waals surface area contributed by atoms with Crippen LogP contribution in [0.4, 0.5) is 0 Å². The number of thiophene rings is 1. The minimum absolute atomic E-state index is 0. The summed E-state index contributed by atoms with van der Waals surface area (Å²) in [4.78, 5) is 11.7. The minimum atomic E-state index is -3.60. The first-order chi connectivity index (χ1) is 8.97. The molecule has 1 rings (SSSR count). The molecule has 1 aromatic heterocycles. The lowest BCUT2D eigenvalue weighted by atomic mass is 10.3. The van der Waals surface area contributed by atoms with E-state index < -0.39 is 16.1 Å². The molecule has 20 heavy (non-hydrogen) atoms. The molecule has 0 bridgehead atoms. The van der Waals surface area contributed by atoms with E-state index in [1.807, 2.05) is 6.92 Å². The van der Waals surface area contributed by atoms with Gasteiger partial charge in [0, 0.05) is 13.1 Å². The highest BCUT2D eigenvalue weighted by molar-refractivity contribution is 7.91. The Labute approximate surface area is 129 Å². The van der Waals surface area contributed by atoms with E-state index in [2.05, 4.69) is 15.4 Å². The molecular weight excluding hydrogens is 322 g/mol. The highest BCUT2D eigenvalue weighted by atomic mass is 35.5. The second-order valence-electron chi connectivity index (χ2n) is 3.92. The Kier molecular flexibility index (Phi) is 8.99. The van der Waals surface area contributed by atoms with Gasteiger partial charge in [0.05, 0.1) is 6.04 Å². The van der Waals surface area contributed by atoms with Crippen LogP contribution in [0, 0.1) is 0 Å². The van der Waals surface area contributed by atoms with Gasteiger partial charge in [0.2, 0.25) is 5.91 Å². The van der Waals surface area contributed by atoms with Crippen molar-refractivity contribution in [1.82, 2.24) is 15.4 Å². The molecule has 0 aliphatic heterocycles. The maximum atomic E-state index is 11.9. The number of likely N-dealkylation sites (N-methyl/N-ethyl adjacent to an activating group) is 1. The zero-order valence-electron chi connectivity index (χ0n) is 11.4. The molecule has 116 valence electrons. The molecule has 3 N–H and O–H groups in total. The van der Waals surface area contributed by atoms with E-state index in [4.69, 9.17) is 0 Å². The molecule has 0 aromatic carbocycles. The van der Waals surface area contributed by atoms with Crippen LogP contribution in [-0.2, 0) is 14.8 Å². The zero-order valence-corrected chi connectivity index (χ0v) is 13.8. The van der Waals surface area contributed by atoms with Crippen LogP contribution in [0.15, 0.2) is 21.7 Å². The van der Waals surface area contributed by atoms with Crippen LogP contribution >= 0.6 is 23.7 Å². The van der Waals surface area contributed by atoms with Crippen LogP contribution in [0.3, 0.4) is 0 Å². The first-order valence-corrected chi connectivity index (χ1v) is 8.38. The molecule has 0 aliphatic carbocycles. The Morgan fingerprint density at radius 1 is 1.40 bits per heavy atom. The molecule has 1 amide bonds. The highest BCUT2D eigenvalue weighted by Gasteiger charge is 2.22. The highest BCUT2D eigenvalue weighted by Crippen LogP contribution is 2.15. The van der Waals surface area contributed by atoms with E-state index in [-0.39, 0.29) is 22.5 Å². The standard InChI is InChI=1S/C11H19N3O3S2.ClH/c1-3-12-6-7-13-11(15)9(2)14-19(16,17)10-5-4-8-18-10;/h4-5,8-9,12,14H,3,6-7H2,1-2H3,(H,13,15);1H. The van der Waals surface area contributed by atoms with Gasteiger partial charge in [0.15, 0.2) is 0 Å². The SMILES string of the molecule is CCNCCNC(=O)C(C)NS(=O)(=O)c1cccs1.Cl. The number of hydrogen-bond donors (Lipinski definition) is 3. The van der Waals surface area contributed by atoms with Crippen LogP contribution < -0.4 is 15.4 Å². The normalized spacial score (nSPS) is 12.5. The van der Waals surface area contributed by atoms with Gasteiger partial charge in [-0.25, -0.2) is 8.42 Å². The fourth-order valence-corrected chi connectivity index (χ4v) is 3.58. The van der Waals surface area contributed by atoms with E-state index in [0.717, 1.165) is 17.9 Å². The van der Waals surface area contributed by atoms with Crippen LogP contribution in [-0.4, -0.2) is 40.0 Å². The predicted octanol–water partition coefficient (Wildman–Crippen LogP) is 0.562. The van der Waals surface area contributed by atoms with E-state index in [0.29, 0.717) is 13.1 Å². The average Bonchev–Trinajstić information content (AvgIpc) is 2.88. The lowest BCUT2D eigenvalue weighted by molar-refractivity contribution is -0.122. The summed E-state index contributed by atoms with van der Waals surface area (Å²) in [5, 5.41) is 7.40. The third-order valence-corrected chi connectivity index (χ3v) is 5.27. The molecular formula is C11H20ClN3O3S2. The van der Waals surface area contributed by atoms with Gasteiger partial charge in [-0.3, -0.25) is 4.79 Å². The Bertz CT molecular complexity index is 491. The molecule has 0 saturated heterocycles. The Balaban J connectivity index is 0.00000361. The van der Waals surface area contributed by atoms with Crippen molar-refractivity contribution in [2.45, 2.75) is 24.1 Å². The molecule has 9 heteroatoms. The summed E-state index contributed by atoms with van der Waals surface area (Å²) in [5.74, 6) is -0.335. The smallest absolute Gasteiger partial charge is 0.250 e. The molecule has 0 saturated carbocycles. The summed E-state index contributed by atoms with van der Waals surface area (Å²) < 4.78 is 26.3. The predicted molar refractivity (Wildman–Crippen MR) is 82.9 cm³/mol. The van der Waals surface area contributed by atoms with Crippen molar-refractivity contribution in [3.8, 4) is 0 Å².